The molecule has 1 saturated carbocycles. The van der Waals surface area contributed by atoms with E-state index in [1.54, 1.807) is 0 Å². The Hall–Kier alpha value is -2.86. The smallest absolute Gasteiger partial charge is 0.408 e. The molecule has 6 heteroatoms. The summed E-state index contributed by atoms with van der Waals surface area (Å²) in [6.07, 6.45) is 0.419. The van der Waals surface area contributed by atoms with E-state index in [2.05, 4.69) is 10.6 Å². The third-order valence-electron chi connectivity index (χ3n) is 6.15. The number of amides is 2. The Morgan fingerprint density at radius 3 is 2.29 bits per heavy atom. The number of fused-ring (bicyclic) bond motifs is 1. The van der Waals surface area contributed by atoms with Crippen LogP contribution in [0.5, 0.6) is 0 Å². The maximum absolute atomic E-state index is 13.5. The van der Waals surface area contributed by atoms with Gasteiger partial charge in [0.1, 0.15) is 5.60 Å². The predicted molar refractivity (Wildman–Crippen MR) is 118 cm³/mol. The molecule has 0 unspecified atom stereocenters. The molecule has 1 fully saturated rings. The zero-order chi connectivity index (χ0) is 22.2. The molecule has 0 radical (unpaired) electrons. The normalized spacial score (nSPS) is 27.0. The number of carbonyl (C=O) groups is 2. The molecule has 4 rings (SSSR count). The number of benzene rings is 2. The van der Waals surface area contributed by atoms with Gasteiger partial charge in [-0.25, -0.2) is 4.79 Å². The Kier molecular flexibility index (Phi) is 5.52. The second kappa shape index (κ2) is 8.00. The first-order chi connectivity index (χ1) is 14.7. The predicted octanol–water partition coefficient (Wildman–Crippen LogP) is 3.39. The van der Waals surface area contributed by atoms with Gasteiger partial charge in [-0.3, -0.25) is 4.79 Å². The summed E-state index contributed by atoms with van der Waals surface area (Å²) in [7, 11) is 0. The highest BCUT2D eigenvalue weighted by molar-refractivity contribution is 5.90. The molecule has 2 aliphatic carbocycles. The minimum absolute atomic E-state index is 0.113. The van der Waals surface area contributed by atoms with Crippen molar-refractivity contribution >= 4 is 12.0 Å². The molecule has 31 heavy (non-hydrogen) atoms. The molecule has 2 aromatic carbocycles. The van der Waals surface area contributed by atoms with Gasteiger partial charge >= 0.3 is 6.09 Å². The van der Waals surface area contributed by atoms with E-state index in [-0.39, 0.29) is 18.0 Å². The number of hydrogen-bond acceptors (Lipinski definition) is 4. The largest absolute Gasteiger partial charge is 0.444 e. The van der Waals surface area contributed by atoms with Gasteiger partial charge < -0.3 is 20.5 Å². The number of hydrogen-bond donors (Lipinski definition) is 3. The van der Waals surface area contributed by atoms with Gasteiger partial charge in [0, 0.05) is 0 Å². The Labute approximate surface area is 183 Å². The SMILES string of the molecule is CC(C)(C)OC(=O)N[C@H]1c2ccccc2C[C@@H]1NC(=O)C1(c2ccccc2)CC(O)C1. The summed E-state index contributed by atoms with van der Waals surface area (Å²) < 4.78 is 5.46. The van der Waals surface area contributed by atoms with Gasteiger partial charge in [-0.05, 0) is 56.7 Å². The van der Waals surface area contributed by atoms with Crippen LogP contribution in [0, 0.1) is 0 Å². The van der Waals surface area contributed by atoms with E-state index in [1.807, 2.05) is 75.4 Å². The molecular weight excluding hydrogens is 392 g/mol. The molecule has 0 heterocycles. The number of aliphatic hydroxyl groups is 1. The van der Waals surface area contributed by atoms with Crippen LogP contribution in [0.1, 0.15) is 56.3 Å². The molecule has 0 aromatic heterocycles. The molecule has 0 bridgehead atoms. The first-order valence-corrected chi connectivity index (χ1v) is 10.8. The number of nitrogens with one attached hydrogen (secondary N) is 2. The van der Waals surface area contributed by atoms with Crippen molar-refractivity contribution in [2.24, 2.45) is 0 Å². The fraction of sp³-hybridized carbons (Fsp3) is 0.440. The molecule has 6 nitrogen and oxygen atoms in total. The van der Waals surface area contributed by atoms with Crippen LogP contribution < -0.4 is 10.6 Å². The van der Waals surface area contributed by atoms with Crippen molar-refractivity contribution in [2.45, 2.75) is 69.2 Å². The van der Waals surface area contributed by atoms with Gasteiger partial charge in [0.05, 0.1) is 23.6 Å². The minimum atomic E-state index is -0.744. The number of alkyl carbamates (subject to hydrolysis) is 1. The topological polar surface area (TPSA) is 87.7 Å². The van der Waals surface area contributed by atoms with Crippen molar-refractivity contribution in [1.82, 2.24) is 10.6 Å². The van der Waals surface area contributed by atoms with Crippen LogP contribution in [0.25, 0.3) is 0 Å². The molecule has 0 aliphatic heterocycles. The van der Waals surface area contributed by atoms with E-state index in [1.165, 1.54) is 0 Å². The van der Waals surface area contributed by atoms with Crippen molar-refractivity contribution in [3.05, 3.63) is 71.3 Å². The van der Waals surface area contributed by atoms with Crippen LogP contribution >= 0.6 is 0 Å². The number of carbonyl (C=O) groups excluding carboxylic acids is 2. The molecule has 2 amide bonds. The van der Waals surface area contributed by atoms with Crippen LogP contribution in [0.4, 0.5) is 4.79 Å². The second-order valence-electron chi connectivity index (χ2n) is 9.62. The van der Waals surface area contributed by atoms with Gasteiger partial charge in [-0.15, -0.1) is 0 Å². The molecule has 164 valence electrons. The summed E-state index contributed by atoms with van der Waals surface area (Å²) in [5, 5.41) is 16.2. The maximum Gasteiger partial charge on any atom is 0.408 e. The highest BCUT2D eigenvalue weighted by Gasteiger charge is 2.52. The van der Waals surface area contributed by atoms with Gasteiger partial charge in [0.2, 0.25) is 5.91 Å². The fourth-order valence-corrected chi connectivity index (χ4v) is 4.70. The van der Waals surface area contributed by atoms with E-state index in [9.17, 15) is 14.7 Å². The molecule has 3 N–H and O–H groups in total. The number of ether oxygens (including phenoxy) is 1. The zero-order valence-electron chi connectivity index (χ0n) is 18.2. The molecule has 0 saturated heterocycles. The number of rotatable bonds is 4. The summed E-state index contributed by atoms with van der Waals surface area (Å²) >= 11 is 0. The van der Waals surface area contributed by atoms with Crippen LogP contribution in [0.15, 0.2) is 54.6 Å². The van der Waals surface area contributed by atoms with Gasteiger partial charge in [-0.1, -0.05) is 54.6 Å². The van der Waals surface area contributed by atoms with Crippen LogP contribution in [-0.4, -0.2) is 34.9 Å². The van der Waals surface area contributed by atoms with Crippen molar-refractivity contribution in [3.63, 3.8) is 0 Å². The van der Waals surface area contributed by atoms with E-state index < -0.39 is 23.2 Å². The molecule has 2 aromatic rings. The zero-order valence-corrected chi connectivity index (χ0v) is 18.2. The third kappa shape index (κ3) is 4.30. The highest BCUT2D eigenvalue weighted by Crippen LogP contribution is 2.45. The van der Waals surface area contributed by atoms with E-state index in [0.717, 1.165) is 16.7 Å². The molecule has 0 spiro atoms. The fourth-order valence-electron chi connectivity index (χ4n) is 4.70. The third-order valence-corrected chi connectivity index (χ3v) is 6.15. The van der Waals surface area contributed by atoms with E-state index >= 15 is 0 Å². The van der Waals surface area contributed by atoms with E-state index in [0.29, 0.717) is 19.3 Å². The average Bonchev–Trinajstić information content (AvgIpc) is 3.01. The standard InChI is InChI=1S/C25H30N2O4/c1-24(2,3)31-23(30)27-21-19-12-8-7-9-16(19)13-20(21)26-22(29)25(14-18(28)15-25)17-10-5-4-6-11-17/h4-12,18,20-21,28H,13-15H2,1-3H3,(H,26,29)(H,27,30)/t18?,20-,21-,25?/m0/s1. The monoisotopic (exact) mass is 422 g/mol. The Balaban J connectivity index is 1.56. The maximum atomic E-state index is 13.5. The van der Waals surface area contributed by atoms with Crippen LogP contribution in [0.3, 0.4) is 0 Å². The van der Waals surface area contributed by atoms with Gasteiger partial charge in [0.15, 0.2) is 0 Å². The minimum Gasteiger partial charge on any atom is -0.444 e. The summed E-state index contributed by atoms with van der Waals surface area (Å²) in [5.41, 5.74) is 1.63. The Bertz CT molecular complexity index is 961. The second-order valence-corrected chi connectivity index (χ2v) is 9.62. The van der Waals surface area contributed by atoms with E-state index in [4.69, 9.17) is 4.74 Å². The first kappa shape index (κ1) is 21.4. The highest BCUT2D eigenvalue weighted by atomic mass is 16.6. The quantitative estimate of drug-likeness (QED) is 0.705. The summed E-state index contributed by atoms with van der Waals surface area (Å²) in [6.45, 7) is 5.46. The van der Waals surface area contributed by atoms with Crippen molar-refractivity contribution < 1.29 is 19.4 Å². The summed E-state index contributed by atoms with van der Waals surface area (Å²) in [4.78, 5) is 26.0. The lowest BCUT2D eigenvalue weighted by Crippen LogP contribution is -2.58. The number of aliphatic hydroxyl groups excluding tert-OH is 1. The molecule has 2 atom stereocenters. The van der Waals surface area contributed by atoms with Crippen molar-refractivity contribution in [1.29, 1.82) is 0 Å². The molecular formula is C25H30N2O4. The van der Waals surface area contributed by atoms with Crippen molar-refractivity contribution in [3.8, 4) is 0 Å². The Morgan fingerprint density at radius 2 is 1.65 bits per heavy atom. The lowest BCUT2D eigenvalue weighted by Gasteiger charge is -2.45. The summed E-state index contributed by atoms with van der Waals surface area (Å²) in [5.74, 6) is -0.113. The van der Waals surface area contributed by atoms with Crippen molar-refractivity contribution in [2.75, 3.05) is 0 Å². The average molecular weight is 423 g/mol. The lowest BCUT2D eigenvalue weighted by atomic mass is 9.62. The first-order valence-electron chi connectivity index (χ1n) is 10.8. The summed E-state index contributed by atoms with van der Waals surface area (Å²) in [6, 6.07) is 16.8. The van der Waals surface area contributed by atoms with Crippen LogP contribution in [0.2, 0.25) is 0 Å². The lowest BCUT2D eigenvalue weighted by molar-refractivity contribution is -0.136. The Morgan fingerprint density at radius 1 is 1.00 bits per heavy atom. The molecule has 2 aliphatic rings. The van der Waals surface area contributed by atoms with Crippen LogP contribution in [-0.2, 0) is 21.4 Å². The van der Waals surface area contributed by atoms with Gasteiger partial charge in [-0.2, -0.15) is 0 Å². The van der Waals surface area contributed by atoms with Gasteiger partial charge in [0.25, 0.3) is 0 Å².